The van der Waals surface area contributed by atoms with Crippen molar-refractivity contribution in [2.45, 2.75) is 13.3 Å². The zero-order chi connectivity index (χ0) is 20.2. The Kier molecular flexibility index (Phi) is 6.08. The van der Waals surface area contributed by atoms with Gasteiger partial charge in [-0.1, -0.05) is 22.6 Å². The van der Waals surface area contributed by atoms with Crippen LogP contribution in [0, 0.1) is 6.92 Å². The van der Waals surface area contributed by atoms with Crippen LogP contribution in [0.25, 0.3) is 10.2 Å². The molecule has 4 rings (SSSR count). The second-order valence-corrected chi connectivity index (χ2v) is 7.88. The van der Waals surface area contributed by atoms with Crippen molar-refractivity contribution in [3.63, 3.8) is 0 Å². The molecule has 8 nitrogen and oxygen atoms in total. The van der Waals surface area contributed by atoms with E-state index in [1.54, 1.807) is 18.1 Å². The lowest BCUT2D eigenvalue weighted by Gasteiger charge is -2.27. The summed E-state index contributed by atoms with van der Waals surface area (Å²) in [6.45, 7) is 6.84. The first kappa shape index (κ1) is 19.8. The van der Waals surface area contributed by atoms with Crippen molar-refractivity contribution in [3.8, 4) is 5.75 Å². The van der Waals surface area contributed by atoms with Crippen molar-refractivity contribution >= 4 is 32.6 Å². The Balaban J connectivity index is 1.60. The van der Waals surface area contributed by atoms with Gasteiger partial charge in [0.05, 0.1) is 31.2 Å². The number of amides is 1. The number of hydrogen-bond acceptors (Lipinski definition) is 8. The van der Waals surface area contributed by atoms with Crippen LogP contribution in [0.5, 0.6) is 5.75 Å². The summed E-state index contributed by atoms with van der Waals surface area (Å²) in [5.74, 6) is 0.674. The van der Waals surface area contributed by atoms with E-state index in [1.165, 1.54) is 17.5 Å². The Hall–Kier alpha value is -2.49. The van der Waals surface area contributed by atoms with Crippen molar-refractivity contribution in [1.29, 1.82) is 0 Å². The van der Waals surface area contributed by atoms with E-state index in [1.807, 2.05) is 19.1 Å². The first-order valence-corrected chi connectivity index (χ1v) is 10.5. The molecule has 1 saturated heterocycles. The molecule has 0 atom stereocenters. The topological polar surface area (TPSA) is 80.9 Å². The van der Waals surface area contributed by atoms with Crippen LogP contribution < -0.4 is 9.64 Å². The molecule has 3 heterocycles. The monoisotopic (exact) mass is 416 g/mol. The average molecular weight is 417 g/mol. The molecule has 1 aliphatic rings. The number of benzene rings is 1. The largest absolute Gasteiger partial charge is 0.494 e. The zero-order valence-electron chi connectivity index (χ0n) is 16.6. The van der Waals surface area contributed by atoms with E-state index in [4.69, 9.17) is 19.0 Å². The molecule has 0 aliphatic carbocycles. The minimum atomic E-state index is -0.236. The van der Waals surface area contributed by atoms with Crippen molar-refractivity contribution in [3.05, 3.63) is 35.7 Å². The Labute approximate surface area is 173 Å². The summed E-state index contributed by atoms with van der Waals surface area (Å²) >= 11 is 1.49. The molecular weight excluding hydrogens is 392 g/mol. The molecule has 1 aliphatic heterocycles. The second kappa shape index (κ2) is 8.89. The summed E-state index contributed by atoms with van der Waals surface area (Å²) in [6.07, 6.45) is 2.30. The Bertz CT molecular complexity index is 966. The lowest BCUT2D eigenvalue weighted by Crippen LogP contribution is -2.39. The molecule has 1 aromatic carbocycles. The number of nitrogens with zero attached hydrogens (tertiary/aromatic N) is 4. The molecule has 3 aromatic rings. The van der Waals surface area contributed by atoms with Crippen LogP contribution >= 0.6 is 11.3 Å². The van der Waals surface area contributed by atoms with Gasteiger partial charge in [0.1, 0.15) is 11.3 Å². The normalized spacial score (nSPS) is 15.0. The van der Waals surface area contributed by atoms with Gasteiger partial charge in [0.2, 0.25) is 5.76 Å². The lowest BCUT2D eigenvalue weighted by atomic mass is 10.2. The molecule has 29 heavy (non-hydrogen) atoms. The number of thiazole rings is 1. The molecule has 0 bridgehead atoms. The predicted molar refractivity (Wildman–Crippen MR) is 111 cm³/mol. The van der Waals surface area contributed by atoms with E-state index >= 15 is 0 Å². The van der Waals surface area contributed by atoms with Gasteiger partial charge in [-0.2, -0.15) is 0 Å². The molecule has 0 spiro atoms. The quantitative estimate of drug-likeness (QED) is 0.586. The molecule has 9 heteroatoms. The number of aromatic nitrogens is 2. The van der Waals surface area contributed by atoms with Crippen LogP contribution in [0.2, 0.25) is 0 Å². The summed E-state index contributed by atoms with van der Waals surface area (Å²) in [5.41, 5.74) is 1.88. The summed E-state index contributed by atoms with van der Waals surface area (Å²) in [4.78, 5) is 21.9. The fourth-order valence-electron chi connectivity index (χ4n) is 3.40. The summed E-state index contributed by atoms with van der Waals surface area (Å²) < 4.78 is 17.0. The third-order valence-electron chi connectivity index (χ3n) is 5.00. The van der Waals surface area contributed by atoms with Gasteiger partial charge < -0.3 is 14.0 Å². The van der Waals surface area contributed by atoms with Gasteiger partial charge >= 0.3 is 0 Å². The van der Waals surface area contributed by atoms with Crippen molar-refractivity contribution in [2.24, 2.45) is 0 Å². The SMILES string of the molecule is COc1ccc(C)c2sc(N(CCCN3CCOCC3)C(=O)c3ccno3)nc12. The molecule has 154 valence electrons. The minimum absolute atomic E-state index is 0.208. The van der Waals surface area contributed by atoms with Crippen LogP contribution in [0.1, 0.15) is 22.5 Å². The summed E-state index contributed by atoms with van der Waals surface area (Å²) in [6, 6.07) is 5.49. The van der Waals surface area contributed by atoms with Gasteiger partial charge in [-0.15, -0.1) is 0 Å². The third-order valence-corrected chi connectivity index (χ3v) is 6.21. The van der Waals surface area contributed by atoms with Crippen molar-refractivity contribution in [2.75, 3.05) is 51.4 Å². The van der Waals surface area contributed by atoms with Crippen LogP contribution in [0.15, 0.2) is 28.9 Å². The lowest BCUT2D eigenvalue weighted by molar-refractivity contribution is 0.0376. The highest BCUT2D eigenvalue weighted by Crippen LogP contribution is 2.36. The Morgan fingerprint density at radius 3 is 2.86 bits per heavy atom. The first-order valence-electron chi connectivity index (χ1n) is 9.64. The third kappa shape index (κ3) is 4.26. The number of anilines is 1. The highest BCUT2D eigenvalue weighted by molar-refractivity contribution is 7.22. The maximum absolute atomic E-state index is 13.1. The van der Waals surface area contributed by atoms with E-state index in [-0.39, 0.29) is 11.7 Å². The summed E-state index contributed by atoms with van der Waals surface area (Å²) in [5, 5.41) is 4.31. The molecule has 0 N–H and O–H groups in total. The number of methoxy groups -OCH3 is 1. The maximum atomic E-state index is 13.1. The fraction of sp³-hybridized carbons (Fsp3) is 0.450. The summed E-state index contributed by atoms with van der Waals surface area (Å²) in [7, 11) is 1.63. The van der Waals surface area contributed by atoms with E-state index < -0.39 is 0 Å². The van der Waals surface area contributed by atoms with Gasteiger partial charge in [-0.3, -0.25) is 14.6 Å². The number of hydrogen-bond donors (Lipinski definition) is 0. The van der Waals surface area contributed by atoms with Gasteiger partial charge in [-0.05, 0) is 25.0 Å². The smallest absolute Gasteiger partial charge is 0.298 e. The highest BCUT2D eigenvalue weighted by atomic mass is 32.1. The number of fused-ring (bicyclic) bond motifs is 1. The molecular formula is C20H24N4O4S. The molecule has 0 radical (unpaired) electrons. The first-order chi connectivity index (χ1) is 14.2. The standard InChI is InChI=1S/C20H24N4O4S/c1-14-4-5-15(26-2)17-18(14)29-20(22-17)24(19(25)16-6-7-21-28-16)9-3-8-23-10-12-27-13-11-23/h4-7H,3,8-13H2,1-2H3. The molecule has 0 unspecified atom stereocenters. The van der Waals surface area contributed by atoms with E-state index in [0.29, 0.717) is 17.4 Å². The number of ether oxygens (including phenoxy) is 2. The maximum Gasteiger partial charge on any atom is 0.298 e. The van der Waals surface area contributed by atoms with Crippen molar-refractivity contribution < 1.29 is 18.8 Å². The van der Waals surface area contributed by atoms with E-state index in [0.717, 1.165) is 55.0 Å². The van der Waals surface area contributed by atoms with Gasteiger partial charge in [-0.25, -0.2) is 4.98 Å². The number of aryl methyl sites for hydroxylation is 1. The molecule has 1 amide bonds. The minimum Gasteiger partial charge on any atom is -0.494 e. The van der Waals surface area contributed by atoms with Gasteiger partial charge in [0.25, 0.3) is 5.91 Å². The molecule has 0 saturated carbocycles. The average Bonchev–Trinajstić information content (AvgIpc) is 3.43. The molecule has 2 aromatic heterocycles. The number of carbonyl (C=O) groups excluding carboxylic acids is 1. The van der Waals surface area contributed by atoms with Crippen LogP contribution in [0.3, 0.4) is 0 Å². The molecule has 1 fully saturated rings. The highest BCUT2D eigenvalue weighted by Gasteiger charge is 2.25. The Morgan fingerprint density at radius 1 is 1.31 bits per heavy atom. The van der Waals surface area contributed by atoms with Crippen LogP contribution in [-0.4, -0.2) is 67.5 Å². The number of carbonyl (C=O) groups is 1. The van der Waals surface area contributed by atoms with Gasteiger partial charge in [0.15, 0.2) is 5.13 Å². The Morgan fingerprint density at radius 2 is 2.14 bits per heavy atom. The predicted octanol–water partition coefficient (Wildman–Crippen LogP) is 2.97. The second-order valence-electron chi connectivity index (χ2n) is 6.90. The van der Waals surface area contributed by atoms with Crippen LogP contribution in [0.4, 0.5) is 5.13 Å². The van der Waals surface area contributed by atoms with E-state index in [2.05, 4.69) is 10.1 Å². The van der Waals surface area contributed by atoms with Crippen molar-refractivity contribution in [1.82, 2.24) is 15.0 Å². The van der Waals surface area contributed by atoms with E-state index in [9.17, 15) is 4.79 Å². The number of rotatable bonds is 7. The fourth-order valence-corrected chi connectivity index (χ4v) is 4.47. The van der Waals surface area contributed by atoms with Gasteiger partial charge in [0, 0.05) is 32.2 Å². The van der Waals surface area contributed by atoms with Crippen LogP contribution in [-0.2, 0) is 4.74 Å². The number of morpholine rings is 1. The zero-order valence-corrected chi connectivity index (χ0v) is 17.4.